The van der Waals surface area contributed by atoms with E-state index in [1.807, 2.05) is 19.9 Å². The molecule has 0 spiro atoms. The Morgan fingerprint density at radius 3 is 2.80 bits per heavy atom. The molecule has 2 nitrogen and oxygen atoms in total. The maximum Gasteiger partial charge on any atom is 0.155 e. The minimum atomic E-state index is 0.119. The maximum absolute atomic E-state index is 11.4. The summed E-state index contributed by atoms with van der Waals surface area (Å²) in [6, 6.07) is 6.83. The molecule has 1 aromatic carbocycles. The van der Waals surface area contributed by atoms with Gasteiger partial charge in [0.15, 0.2) is 5.78 Å². The number of carbonyl (C=O) groups is 1. The average Bonchev–Trinajstić information content (AvgIpc) is 2.14. The van der Waals surface area contributed by atoms with Gasteiger partial charge in [0.1, 0.15) is 5.75 Å². The van der Waals surface area contributed by atoms with E-state index >= 15 is 0 Å². The fraction of sp³-hybridized carbons (Fsp3) is 0.308. The van der Waals surface area contributed by atoms with Crippen LogP contribution in [-0.2, 0) is 4.79 Å². The summed E-state index contributed by atoms with van der Waals surface area (Å²) in [6.07, 6.45) is 3.86. The molecule has 0 heterocycles. The molecule has 0 amide bonds. The topological polar surface area (TPSA) is 37.3 Å². The monoisotopic (exact) mass is 204 g/mol. The summed E-state index contributed by atoms with van der Waals surface area (Å²) in [5.74, 6) is 0.716. The van der Waals surface area contributed by atoms with Crippen LogP contribution in [0.2, 0.25) is 0 Å². The molecular formula is C13H16O2. The van der Waals surface area contributed by atoms with Crippen LogP contribution in [0.4, 0.5) is 0 Å². The molecular weight excluding hydrogens is 188 g/mol. The molecule has 0 aliphatic heterocycles. The standard InChI is InChI=1S/C13H16O2/c1-10(2)8-13(15)7-6-11-4-3-5-12(14)9-11/h3-7,9-10,14H,8H2,1-2H3/b7-6+. The van der Waals surface area contributed by atoms with E-state index in [4.69, 9.17) is 0 Å². The van der Waals surface area contributed by atoms with Gasteiger partial charge in [0.05, 0.1) is 0 Å². The van der Waals surface area contributed by atoms with Crippen molar-refractivity contribution in [3.63, 3.8) is 0 Å². The van der Waals surface area contributed by atoms with Crippen molar-refractivity contribution in [2.75, 3.05) is 0 Å². The van der Waals surface area contributed by atoms with Crippen molar-refractivity contribution in [1.82, 2.24) is 0 Å². The number of aromatic hydroxyl groups is 1. The van der Waals surface area contributed by atoms with E-state index in [1.54, 1.807) is 30.4 Å². The zero-order chi connectivity index (χ0) is 11.3. The van der Waals surface area contributed by atoms with Crippen molar-refractivity contribution in [1.29, 1.82) is 0 Å². The van der Waals surface area contributed by atoms with Crippen molar-refractivity contribution in [3.8, 4) is 5.75 Å². The van der Waals surface area contributed by atoms with Crippen LogP contribution in [0.25, 0.3) is 6.08 Å². The maximum atomic E-state index is 11.4. The lowest BCUT2D eigenvalue weighted by Crippen LogP contribution is -1.98. The molecule has 1 rings (SSSR count). The molecule has 80 valence electrons. The number of hydrogen-bond acceptors (Lipinski definition) is 2. The van der Waals surface area contributed by atoms with Gasteiger partial charge in [0, 0.05) is 6.42 Å². The van der Waals surface area contributed by atoms with Crippen LogP contribution < -0.4 is 0 Å². The first-order valence-corrected chi connectivity index (χ1v) is 5.08. The number of allylic oxidation sites excluding steroid dienone is 1. The van der Waals surface area contributed by atoms with Gasteiger partial charge in [0.2, 0.25) is 0 Å². The Balaban J connectivity index is 2.61. The van der Waals surface area contributed by atoms with E-state index in [0.717, 1.165) is 5.56 Å². The number of hydrogen-bond donors (Lipinski definition) is 1. The Bertz CT molecular complexity index is 365. The van der Waals surface area contributed by atoms with E-state index in [2.05, 4.69) is 0 Å². The summed E-state index contributed by atoms with van der Waals surface area (Å²) < 4.78 is 0. The summed E-state index contributed by atoms with van der Waals surface area (Å²) in [7, 11) is 0. The lowest BCUT2D eigenvalue weighted by Gasteiger charge is -1.99. The number of ketones is 1. The SMILES string of the molecule is CC(C)CC(=O)/C=C/c1cccc(O)c1. The Kier molecular flexibility index (Phi) is 4.10. The van der Waals surface area contributed by atoms with Crippen LogP contribution >= 0.6 is 0 Å². The highest BCUT2D eigenvalue weighted by Gasteiger charge is 2.00. The van der Waals surface area contributed by atoms with E-state index in [9.17, 15) is 9.90 Å². The molecule has 1 N–H and O–H groups in total. The molecule has 0 fully saturated rings. The van der Waals surface area contributed by atoms with E-state index in [0.29, 0.717) is 12.3 Å². The molecule has 0 aliphatic carbocycles. The second-order valence-corrected chi connectivity index (χ2v) is 3.99. The summed E-state index contributed by atoms with van der Waals surface area (Å²) in [6.45, 7) is 4.03. The zero-order valence-electron chi connectivity index (χ0n) is 9.10. The van der Waals surface area contributed by atoms with E-state index in [-0.39, 0.29) is 11.5 Å². The highest BCUT2D eigenvalue weighted by molar-refractivity contribution is 5.93. The van der Waals surface area contributed by atoms with Crippen LogP contribution in [0.5, 0.6) is 5.75 Å². The van der Waals surface area contributed by atoms with Gasteiger partial charge >= 0.3 is 0 Å². The zero-order valence-corrected chi connectivity index (χ0v) is 9.10. The van der Waals surface area contributed by atoms with Crippen LogP contribution in [-0.4, -0.2) is 10.9 Å². The second-order valence-electron chi connectivity index (χ2n) is 3.99. The Morgan fingerprint density at radius 1 is 1.47 bits per heavy atom. The Morgan fingerprint density at radius 2 is 2.20 bits per heavy atom. The molecule has 0 saturated heterocycles. The third-order valence-corrected chi connectivity index (χ3v) is 1.94. The Hall–Kier alpha value is -1.57. The van der Waals surface area contributed by atoms with Gasteiger partial charge in [-0.2, -0.15) is 0 Å². The molecule has 1 aromatic rings. The van der Waals surface area contributed by atoms with Crippen LogP contribution in [0.15, 0.2) is 30.3 Å². The summed E-state index contributed by atoms with van der Waals surface area (Å²) in [5, 5.41) is 9.20. The van der Waals surface area contributed by atoms with Crippen LogP contribution in [0.1, 0.15) is 25.8 Å². The summed E-state index contributed by atoms with van der Waals surface area (Å²) >= 11 is 0. The third-order valence-electron chi connectivity index (χ3n) is 1.94. The molecule has 0 aliphatic rings. The minimum Gasteiger partial charge on any atom is -0.508 e. The van der Waals surface area contributed by atoms with Gasteiger partial charge in [0.25, 0.3) is 0 Å². The first-order valence-electron chi connectivity index (χ1n) is 5.08. The Labute approximate surface area is 90.3 Å². The van der Waals surface area contributed by atoms with Crippen molar-refractivity contribution in [3.05, 3.63) is 35.9 Å². The van der Waals surface area contributed by atoms with Crippen LogP contribution in [0, 0.1) is 5.92 Å². The highest BCUT2D eigenvalue weighted by atomic mass is 16.3. The number of phenols is 1. The van der Waals surface area contributed by atoms with E-state index in [1.165, 1.54) is 0 Å². The number of benzene rings is 1. The molecule has 2 heteroatoms. The highest BCUT2D eigenvalue weighted by Crippen LogP contribution is 2.12. The number of phenolic OH excluding ortho intramolecular Hbond substituents is 1. The predicted octanol–water partition coefficient (Wildman–Crippen LogP) is 3.02. The smallest absolute Gasteiger partial charge is 0.155 e. The van der Waals surface area contributed by atoms with Gasteiger partial charge in [-0.25, -0.2) is 0 Å². The summed E-state index contributed by atoms with van der Waals surface area (Å²) in [5.41, 5.74) is 0.840. The number of carbonyl (C=O) groups excluding carboxylic acids is 1. The van der Waals surface area contributed by atoms with Gasteiger partial charge in [-0.3, -0.25) is 4.79 Å². The largest absolute Gasteiger partial charge is 0.508 e. The lowest BCUT2D eigenvalue weighted by atomic mass is 10.1. The first-order chi connectivity index (χ1) is 7.08. The van der Waals surface area contributed by atoms with Gasteiger partial charge in [-0.05, 0) is 29.7 Å². The van der Waals surface area contributed by atoms with Crippen LogP contribution in [0.3, 0.4) is 0 Å². The number of rotatable bonds is 4. The molecule has 0 radical (unpaired) electrons. The lowest BCUT2D eigenvalue weighted by molar-refractivity contribution is -0.115. The fourth-order valence-electron chi connectivity index (χ4n) is 1.29. The molecule has 15 heavy (non-hydrogen) atoms. The third kappa shape index (κ3) is 4.45. The predicted molar refractivity (Wildman–Crippen MR) is 61.6 cm³/mol. The minimum absolute atomic E-state index is 0.119. The molecule has 0 bridgehead atoms. The second kappa shape index (κ2) is 5.35. The molecule has 0 unspecified atom stereocenters. The summed E-state index contributed by atoms with van der Waals surface area (Å²) in [4.78, 5) is 11.4. The van der Waals surface area contributed by atoms with Gasteiger partial charge < -0.3 is 5.11 Å². The molecule has 0 atom stereocenters. The first kappa shape index (κ1) is 11.5. The molecule has 0 saturated carbocycles. The van der Waals surface area contributed by atoms with Crippen molar-refractivity contribution in [2.45, 2.75) is 20.3 Å². The van der Waals surface area contributed by atoms with Gasteiger partial charge in [-0.15, -0.1) is 0 Å². The fourth-order valence-corrected chi connectivity index (χ4v) is 1.29. The van der Waals surface area contributed by atoms with Crippen molar-refractivity contribution in [2.24, 2.45) is 5.92 Å². The normalized spacial score (nSPS) is 11.1. The van der Waals surface area contributed by atoms with Gasteiger partial charge in [-0.1, -0.05) is 32.1 Å². The van der Waals surface area contributed by atoms with Crippen molar-refractivity contribution < 1.29 is 9.90 Å². The van der Waals surface area contributed by atoms with E-state index < -0.39 is 0 Å². The average molecular weight is 204 g/mol. The molecule has 0 aromatic heterocycles. The van der Waals surface area contributed by atoms with Crippen molar-refractivity contribution >= 4 is 11.9 Å². The quantitative estimate of drug-likeness (QED) is 0.765.